The Bertz CT molecular complexity index is 871. The Hall–Kier alpha value is -2.74. The first-order chi connectivity index (χ1) is 12.1. The van der Waals surface area contributed by atoms with Gasteiger partial charge in [-0.25, -0.2) is 5.43 Å². The Balaban J connectivity index is 2.13. The van der Waals surface area contributed by atoms with E-state index in [0.717, 1.165) is 11.8 Å². The van der Waals surface area contributed by atoms with Gasteiger partial charge in [0.15, 0.2) is 0 Å². The maximum atomic E-state index is 12.1. The number of phenols is 1. The molecule has 0 saturated heterocycles. The smallest absolute Gasteiger partial charge is 0.312 e. The zero-order chi connectivity index (χ0) is 19.5. The van der Waals surface area contributed by atoms with E-state index in [2.05, 4.69) is 47.2 Å². The molecule has 0 bridgehead atoms. The molecule has 2 N–H and O–H groups in total. The van der Waals surface area contributed by atoms with Crippen LogP contribution in [0.5, 0.6) is 5.75 Å². The molecule has 0 aromatic heterocycles. The molecular formula is C18H18BrN3O4. The van der Waals surface area contributed by atoms with Crippen LogP contribution < -0.4 is 5.43 Å². The molecule has 0 fully saturated rings. The Kier molecular flexibility index (Phi) is 5.76. The highest BCUT2D eigenvalue weighted by Crippen LogP contribution is 2.32. The van der Waals surface area contributed by atoms with Gasteiger partial charge in [0, 0.05) is 21.7 Å². The normalized spacial score (nSPS) is 11.5. The summed E-state index contributed by atoms with van der Waals surface area (Å²) in [5.41, 5.74) is 3.50. The number of nitro groups is 1. The van der Waals surface area contributed by atoms with Crippen LogP contribution in [0.3, 0.4) is 0 Å². The molecule has 26 heavy (non-hydrogen) atoms. The van der Waals surface area contributed by atoms with Crippen LogP contribution in [-0.2, 0) is 5.41 Å². The third kappa shape index (κ3) is 4.66. The zero-order valence-electron chi connectivity index (χ0n) is 14.5. The van der Waals surface area contributed by atoms with E-state index in [1.807, 2.05) is 12.1 Å². The first-order valence-corrected chi connectivity index (χ1v) is 8.50. The van der Waals surface area contributed by atoms with Crippen molar-refractivity contribution < 1.29 is 14.8 Å². The molecular weight excluding hydrogens is 402 g/mol. The second kappa shape index (κ2) is 7.65. The first-order valence-electron chi connectivity index (χ1n) is 7.70. The molecule has 0 aliphatic rings. The number of nitro benzene ring substituents is 1. The van der Waals surface area contributed by atoms with Gasteiger partial charge < -0.3 is 5.11 Å². The van der Waals surface area contributed by atoms with Crippen molar-refractivity contribution in [3.63, 3.8) is 0 Å². The number of rotatable bonds is 4. The SMILES string of the molecule is CC(C)(C)c1ccc(C(=O)N/N=C\c2cc(Br)cc([N+](=O)[O-])c2O)cc1. The Morgan fingerprint density at radius 1 is 1.27 bits per heavy atom. The number of hydrogen-bond donors (Lipinski definition) is 2. The van der Waals surface area contributed by atoms with E-state index < -0.39 is 22.3 Å². The molecule has 0 radical (unpaired) electrons. The number of hydrogen-bond acceptors (Lipinski definition) is 5. The molecule has 1 amide bonds. The van der Waals surface area contributed by atoms with Crippen LogP contribution in [0.2, 0.25) is 0 Å². The highest BCUT2D eigenvalue weighted by Gasteiger charge is 2.18. The zero-order valence-corrected chi connectivity index (χ0v) is 16.1. The van der Waals surface area contributed by atoms with Gasteiger partial charge in [0.25, 0.3) is 5.91 Å². The van der Waals surface area contributed by atoms with Crippen LogP contribution >= 0.6 is 15.9 Å². The van der Waals surface area contributed by atoms with Crippen LogP contribution in [-0.4, -0.2) is 22.2 Å². The van der Waals surface area contributed by atoms with Crippen molar-refractivity contribution in [1.29, 1.82) is 0 Å². The van der Waals surface area contributed by atoms with Crippen molar-refractivity contribution >= 4 is 33.7 Å². The summed E-state index contributed by atoms with van der Waals surface area (Å²) >= 11 is 3.13. The first kappa shape index (κ1) is 19.6. The lowest BCUT2D eigenvalue weighted by atomic mass is 9.87. The largest absolute Gasteiger partial charge is 0.502 e. The minimum Gasteiger partial charge on any atom is -0.502 e. The Morgan fingerprint density at radius 3 is 2.42 bits per heavy atom. The van der Waals surface area contributed by atoms with Gasteiger partial charge in [-0.15, -0.1) is 0 Å². The molecule has 136 valence electrons. The third-order valence-corrected chi connectivity index (χ3v) is 4.12. The highest BCUT2D eigenvalue weighted by atomic mass is 79.9. The van der Waals surface area contributed by atoms with Crippen molar-refractivity contribution in [1.82, 2.24) is 5.43 Å². The molecule has 2 aromatic carbocycles. The molecule has 2 rings (SSSR count). The molecule has 0 heterocycles. The lowest BCUT2D eigenvalue weighted by Crippen LogP contribution is -2.18. The van der Waals surface area contributed by atoms with E-state index in [4.69, 9.17) is 0 Å². The van der Waals surface area contributed by atoms with Gasteiger partial charge in [-0.05, 0) is 29.2 Å². The molecule has 0 unspecified atom stereocenters. The van der Waals surface area contributed by atoms with Crippen molar-refractivity contribution in [2.45, 2.75) is 26.2 Å². The standard InChI is InChI=1S/C18H18BrN3O4/c1-18(2,3)13-6-4-11(5-7-13)17(24)21-20-10-12-8-14(19)9-15(16(12)23)22(25)26/h4-10,23H,1-3H3,(H,21,24)/b20-10-. The molecule has 8 heteroatoms. The van der Waals surface area contributed by atoms with Gasteiger partial charge in [-0.3, -0.25) is 14.9 Å². The predicted molar refractivity (Wildman–Crippen MR) is 103 cm³/mol. The number of hydrazone groups is 1. The molecule has 0 saturated carbocycles. The molecule has 2 aromatic rings. The van der Waals surface area contributed by atoms with Crippen molar-refractivity contribution in [2.75, 3.05) is 0 Å². The monoisotopic (exact) mass is 419 g/mol. The summed E-state index contributed by atoms with van der Waals surface area (Å²) in [6.07, 6.45) is 1.15. The summed E-state index contributed by atoms with van der Waals surface area (Å²) in [6.45, 7) is 6.24. The maximum Gasteiger partial charge on any atom is 0.312 e. The van der Waals surface area contributed by atoms with Crippen molar-refractivity contribution in [2.24, 2.45) is 5.10 Å². The highest BCUT2D eigenvalue weighted by molar-refractivity contribution is 9.10. The lowest BCUT2D eigenvalue weighted by molar-refractivity contribution is -0.385. The summed E-state index contributed by atoms with van der Waals surface area (Å²) in [4.78, 5) is 22.3. The number of benzene rings is 2. The third-order valence-electron chi connectivity index (χ3n) is 3.66. The second-order valence-electron chi connectivity index (χ2n) is 6.65. The van der Waals surface area contributed by atoms with Gasteiger partial charge >= 0.3 is 5.69 Å². The fraction of sp³-hybridized carbons (Fsp3) is 0.222. The van der Waals surface area contributed by atoms with Crippen LogP contribution in [0.25, 0.3) is 0 Å². The minimum absolute atomic E-state index is 0.0138. The van der Waals surface area contributed by atoms with Crippen molar-refractivity contribution in [3.8, 4) is 5.75 Å². The van der Waals surface area contributed by atoms with E-state index in [-0.39, 0.29) is 11.0 Å². The maximum absolute atomic E-state index is 12.1. The summed E-state index contributed by atoms with van der Waals surface area (Å²) < 4.78 is 0.410. The molecule has 0 spiro atoms. The summed E-state index contributed by atoms with van der Waals surface area (Å²) in [6, 6.07) is 9.79. The van der Waals surface area contributed by atoms with E-state index in [1.165, 1.54) is 12.1 Å². The fourth-order valence-electron chi connectivity index (χ4n) is 2.19. The Labute approximate surface area is 159 Å². The number of carbonyl (C=O) groups excluding carboxylic acids is 1. The van der Waals surface area contributed by atoms with Crippen molar-refractivity contribution in [3.05, 3.63) is 67.7 Å². The molecule has 0 aliphatic heterocycles. The van der Waals surface area contributed by atoms with Crippen LogP contribution in [0.1, 0.15) is 42.3 Å². The molecule has 0 aliphatic carbocycles. The van der Waals surface area contributed by atoms with Crippen LogP contribution in [0, 0.1) is 10.1 Å². The van der Waals surface area contributed by atoms with Gasteiger partial charge in [0.05, 0.1) is 11.1 Å². The van der Waals surface area contributed by atoms with E-state index in [1.54, 1.807) is 12.1 Å². The van der Waals surface area contributed by atoms with Gasteiger partial charge in [0.1, 0.15) is 0 Å². The fourth-order valence-corrected chi connectivity index (χ4v) is 2.65. The van der Waals surface area contributed by atoms with Crippen LogP contribution in [0.15, 0.2) is 46.0 Å². The van der Waals surface area contributed by atoms with E-state index in [9.17, 15) is 20.0 Å². The predicted octanol–water partition coefficient (Wildman–Crippen LogP) is 4.12. The molecule has 7 nitrogen and oxygen atoms in total. The number of aromatic hydroxyl groups is 1. The topological polar surface area (TPSA) is 105 Å². The average molecular weight is 420 g/mol. The number of amides is 1. The van der Waals surface area contributed by atoms with Gasteiger partial charge in [-0.1, -0.05) is 48.8 Å². The Morgan fingerprint density at radius 2 is 1.88 bits per heavy atom. The molecule has 0 atom stereocenters. The number of nitrogens with one attached hydrogen (secondary N) is 1. The summed E-state index contributed by atoms with van der Waals surface area (Å²) in [7, 11) is 0. The summed E-state index contributed by atoms with van der Waals surface area (Å²) in [5, 5.41) is 24.6. The number of carbonyl (C=O) groups is 1. The number of nitrogens with zero attached hydrogens (tertiary/aromatic N) is 2. The lowest BCUT2D eigenvalue weighted by Gasteiger charge is -2.18. The number of halogens is 1. The average Bonchev–Trinajstić information content (AvgIpc) is 2.56. The van der Waals surface area contributed by atoms with Gasteiger partial charge in [-0.2, -0.15) is 5.10 Å². The summed E-state index contributed by atoms with van der Waals surface area (Å²) in [5.74, 6) is -0.948. The quantitative estimate of drug-likeness (QED) is 0.441. The van der Waals surface area contributed by atoms with E-state index in [0.29, 0.717) is 10.0 Å². The second-order valence-corrected chi connectivity index (χ2v) is 7.56. The van der Waals surface area contributed by atoms with Gasteiger partial charge in [0.2, 0.25) is 5.75 Å². The van der Waals surface area contributed by atoms with E-state index >= 15 is 0 Å². The number of phenolic OH excluding ortho intramolecular Hbond substituents is 1. The van der Waals surface area contributed by atoms with Crippen LogP contribution in [0.4, 0.5) is 5.69 Å². The minimum atomic E-state index is -0.702.